The number of hydrogen-bond acceptors (Lipinski definition) is 4. The highest BCUT2D eigenvalue weighted by Crippen LogP contribution is 2.12. The number of nitrogens with one attached hydrogen (secondary N) is 1. The van der Waals surface area contributed by atoms with Gasteiger partial charge in [0.2, 0.25) is 0 Å². The molecule has 1 amide bonds. The lowest BCUT2D eigenvalue weighted by Crippen LogP contribution is -2.17. The van der Waals surface area contributed by atoms with E-state index in [1.54, 1.807) is 24.3 Å². The van der Waals surface area contributed by atoms with Gasteiger partial charge in [0, 0.05) is 23.3 Å². The summed E-state index contributed by atoms with van der Waals surface area (Å²) in [6, 6.07) is 11.4. The molecule has 0 unspecified atom stereocenters. The van der Waals surface area contributed by atoms with Crippen molar-refractivity contribution in [1.29, 1.82) is 0 Å². The zero-order chi connectivity index (χ0) is 16.1. The predicted octanol–water partition coefficient (Wildman–Crippen LogP) is 2.98. The van der Waals surface area contributed by atoms with Crippen molar-refractivity contribution in [3.05, 3.63) is 74.8 Å². The van der Waals surface area contributed by atoms with Crippen LogP contribution in [0.15, 0.2) is 47.6 Å². The van der Waals surface area contributed by atoms with E-state index in [0.29, 0.717) is 11.1 Å². The second kappa shape index (κ2) is 6.62. The van der Waals surface area contributed by atoms with Gasteiger partial charge in [-0.1, -0.05) is 18.2 Å². The average molecular weight is 297 g/mol. The van der Waals surface area contributed by atoms with Crippen molar-refractivity contribution in [3.8, 4) is 0 Å². The molecule has 0 fully saturated rings. The molecule has 0 aliphatic heterocycles. The molecule has 0 saturated heterocycles. The first kappa shape index (κ1) is 15.4. The Labute approximate surface area is 127 Å². The summed E-state index contributed by atoms with van der Waals surface area (Å²) in [5, 5.41) is 14.5. The maximum Gasteiger partial charge on any atom is 0.271 e. The number of nitro benzene ring substituents is 1. The quantitative estimate of drug-likeness (QED) is 0.535. The Morgan fingerprint density at radius 3 is 2.64 bits per heavy atom. The van der Waals surface area contributed by atoms with Crippen LogP contribution >= 0.6 is 0 Å². The first-order valence-corrected chi connectivity index (χ1v) is 6.62. The van der Waals surface area contributed by atoms with Gasteiger partial charge in [0.05, 0.1) is 11.1 Å². The molecule has 2 aromatic rings. The number of carbonyl (C=O) groups excluding carboxylic acids is 1. The molecule has 22 heavy (non-hydrogen) atoms. The summed E-state index contributed by atoms with van der Waals surface area (Å²) >= 11 is 0. The van der Waals surface area contributed by atoms with Gasteiger partial charge < -0.3 is 0 Å². The molecule has 6 heteroatoms. The Morgan fingerprint density at radius 2 is 1.95 bits per heavy atom. The molecule has 6 nitrogen and oxygen atoms in total. The van der Waals surface area contributed by atoms with Gasteiger partial charge in [0.15, 0.2) is 0 Å². The Kier molecular flexibility index (Phi) is 4.63. The number of nitro groups is 1. The molecule has 0 spiro atoms. The van der Waals surface area contributed by atoms with Crippen LogP contribution in [0, 0.1) is 24.0 Å². The van der Waals surface area contributed by atoms with E-state index in [2.05, 4.69) is 10.5 Å². The van der Waals surface area contributed by atoms with Crippen LogP contribution in [0.5, 0.6) is 0 Å². The highest BCUT2D eigenvalue weighted by molar-refractivity contribution is 5.95. The minimum atomic E-state index is -0.481. The van der Waals surface area contributed by atoms with E-state index in [1.165, 1.54) is 18.3 Å². The third-order valence-corrected chi connectivity index (χ3v) is 3.23. The number of benzene rings is 2. The molecular formula is C16H15N3O3. The third-order valence-electron chi connectivity index (χ3n) is 3.23. The molecule has 0 aliphatic rings. The molecule has 0 aliphatic carbocycles. The van der Waals surface area contributed by atoms with Crippen LogP contribution in [-0.2, 0) is 0 Å². The topological polar surface area (TPSA) is 84.6 Å². The summed E-state index contributed by atoms with van der Waals surface area (Å²) in [6.07, 6.45) is 1.37. The van der Waals surface area contributed by atoms with Crippen LogP contribution in [0.3, 0.4) is 0 Å². The highest BCUT2D eigenvalue weighted by Gasteiger charge is 2.06. The van der Waals surface area contributed by atoms with Gasteiger partial charge in [-0.15, -0.1) is 0 Å². The van der Waals surface area contributed by atoms with Gasteiger partial charge >= 0.3 is 0 Å². The van der Waals surface area contributed by atoms with Crippen molar-refractivity contribution < 1.29 is 9.72 Å². The predicted molar refractivity (Wildman–Crippen MR) is 84.1 cm³/mol. The van der Waals surface area contributed by atoms with Crippen LogP contribution in [0.2, 0.25) is 0 Å². The van der Waals surface area contributed by atoms with Crippen molar-refractivity contribution in [3.63, 3.8) is 0 Å². The van der Waals surface area contributed by atoms with Gasteiger partial charge in [0.1, 0.15) is 0 Å². The summed E-state index contributed by atoms with van der Waals surface area (Å²) in [7, 11) is 0. The molecule has 2 aromatic carbocycles. The van der Waals surface area contributed by atoms with Gasteiger partial charge in [-0.05, 0) is 37.1 Å². The number of rotatable bonds is 4. The van der Waals surface area contributed by atoms with E-state index < -0.39 is 4.92 Å². The molecule has 0 atom stereocenters. The maximum atomic E-state index is 11.9. The molecule has 112 valence electrons. The lowest BCUT2D eigenvalue weighted by molar-refractivity contribution is -0.384. The first-order valence-electron chi connectivity index (χ1n) is 6.62. The number of hydrogen-bond donors (Lipinski definition) is 1. The van der Waals surface area contributed by atoms with Gasteiger partial charge in [-0.3, -0.25) is 14.9 Å². The Bertz CT molecular complexity index is 754. The summed E-state index contributed by atoms with van der Waals surface area (Å²) in [4.78, 5) is 22.1. The van der Waals surface area contributed by atoms with Crippen molar-refractivity contribution in [2.75, 3.05) is 0 Å². The molecule has 0 heterocycles. The number of nitrogens with zero attached hydrogens (tertiary/aromatic N) is 2. The van der Waals surface area contributed by atoms with Gasteiger partial charge in [-0.25, -0.2) is 5.43 Å². The fraction of sp³-hybridized carbons (Fsp3) is 0.125. The molecular weight excluding hydrogens is 282 g/mol. The highest BCUT2D eigenvalue weighted by atomic mass is 16.6. The number of carbonyl (C=O) groups is 1. The summed E-state index contributed by atoms with van der Waals surface area (Å²) in [5.74, 6) is -0.329. The normalized spacial score (nSPS) is 10.6. The number of non-ortho nitro benzene ring substituents is 1. The van der Waals surface area contributed by atoms with E-state index in [1.807, 2.05) is 19.9 Å². The van der Waals surface area contributed by atoms with Crippen molar-refractivity contribution in [2.45, 2.75) is 13.8 Å². The Hall–Kier alpha value is -3.02. The van der Waals surface area contributed by atoms with Crippen LogP contribution < -0.4 is 5.43 Å². The van der Waals surface area contributed by atoms with Crippen molar-refractivity contribution in [1.82, 2.24) is 5.43 Å². The number of amides is 1. The molecule has 0 radical (unpaired) electrons. The summed E-state index contributed by atoms with van der Waals surface area (Å²) in [5.41, 5.74) is 5.56. The van der Waals surface area contributed by atoms with Crippen LogP contribution in [-0.4, -0.2) is 17.0 Å². The standard InChI is InChI=1S/C16H15N3O3/c1-11-6-7-14(8-12(11)2)16(20)18-17-10-13-4-3-5-15(9-13)19(21)22/h3-10H,1-2H3,(H,18,20)/b17-10+. The first-order chi connectivity index (χ1) is 10.5. The third kappa shape index (κ3) is 3.76. The number of aryl methyl sites for hydroxylation is 2. The lowest BCUT2D eigenvalue weighted by atomic mass is 10.1. The minimum Gasteiger partial charge on any atom is -0.267 e. The van der Waals surface area contributed by atoms with Crippen LogP contribution in [0.1, 0.15) is 27.0 Å². The zero-order valence-electron chi connectivity index (χ0n) is 12.2. The van der Waals surface area contributed by atoms with Crippen molar-refractivity contribution >= 4 is 17.8 Å². The fourth-order valence-electron chi connectivity index (χ4n) is 1.83. The monoisotopic (exact) mass is 297 g/mol. The SMILES string of the molecule is Cc1ccc(C(=O)N/N=C/c2cccc([N+](=O)[O-])c2)cc1C. The molecule has 1 N–H and O–H groups in total. The zero-order valence-corrected chi connectivity index (χ0v) is 12.2. The van der Waals surface area contributed by atoms with Gasteiger partial charge in [-0.2, -0.15) is 5.10 Å². The average Bonchev–Trinajstić information content (AvgIpc) is 2.50. The molecule has 0 saturated carbocycles. The largest absolute Gasteiger partial charge is 0.271 e. The Morgan fingerprint density at radius 1 is 1.18 bits per heavy atom. The second-order valence-electron chi connectivity index (χ2n) is 4.85. The van der Waals surface area contributed by atoms with Crippen molar-refractivity contribution in [2.24, 2.45) is 5.10 Å². The summed E-state index contributed by atoms with van der Waals surface area (Å²) in [6.45, 7) is 3.90. The van der Waals surface area contributed by atoms with E-state index in [-0.39, 0.29) is 11.6 Å². The fourth-order valence-corrected chi connectivity index (χ4v) is 1.83. The van der Waals surface area contributed by atoms with E-state index in [0.717, 1.165) is 11.1 Å². The second-order valence-corrected chi connectivity index (χ2v) is 4.85. The lowest BCUT2D eigenvalue weighted by Gasteiger charge is -2.03. The maximum absolute atomic E-state index is 11.9. The van der Waals surface area contributed by atoms with Gasteiger partial charge in [0.25, 0.3) is 11.6 Å². The smallest absolute Gasteiger partial charge is 0.267 e. The van der Waals surface area contributed by atoms with E-state index in [4.69, 9.17) is 0 Å². The van der Waals surface area contributed by atoms with E-state index >= 15 is 0 Å². The minimum absolute atomic E-state index is 0.0237. The summed E-state index contributed by atoms with van der Waals surface area (Å²) < 4.78 is 0. The molecule has 2 rings (SSSR count). The van der Waals surface area contributed by atoms with Crippen LogP contribution in [0.4, 0.5) is 5.69 Å². The van der Waals surface area contributed by atoms with E-state index in [9.17, 15) is 14.9 Å². The van der Waals surface area contributed by atoms with Crippen LogP contribution in [0.25, 0.3) is 0 Å². The number of hydrazone groups is 1. The molecule has 0 aromatic heterocycles. The molecule has 0 bridgehead atoms. The Balaban J connectivity index is 2.05.